The maximum absolute atomic E-state index is 13.0. The molecule has 1 aromatic carbocycles. The molecule has 0 bridgehead atoms. The van der Waals surface area contributed by atoms with Gasteiger partial charge in [-0.15, -0.1) is 0 Å². The van der Waals surface area contributed by atoms with Gasteiger partial charge in [0.1, 0.15) is 6.61 Å². The minimum Gasteiger partial charge on any atom is -0.614 e. The first-order valence-corrected chi connectivity index (χ1v) is 11.1. The van der Waals surface area contributed by atoms with Crippen molar-refractivity contribution in [3.63, 3.8) is 0 Å². The van der Waals surface area contributed by atoms with Crippen LogP contribution in [-0.4, -0.2) is 59.8 Å². The van der Waals surface area contributed by atoms with Gasteiger partial charge in [-0.05, 0) is 30.6 Å². The summed E-state index contributed by atoms with van der Waals surface area (Å²) in [4.78, 5) is 38.7. The highest BCUT2D eigenvalue weighted by Crippen LogP contribution is 2.46. The minimum atomic E-state index is -1.80. The van der Waals surface area contributed by atoms with Gasteiger partial charge in [0.15, 0.2) is 16.8 Å². The third kappa shape index (κ3) is 4.46. The Labute approximate surface area is 186 Å². The van der Waals surface area contributed by atoms with Crippen LogP contribution < -0.4 is 5.32 Å². The molecule has 2 saturated heterocycles. The van der Waals surface area contributed by atoms with Crippen LogP contribution in [0.1, 0.15) is 19.4 Å². The Balaban J connectivity index is 1.70. The molecular weight excluding hydrogens is 463 g/mol. The molecule has 7 nitrogen and oxygen atoms in total. The van der Waals surface area contributed by atoms with Crippen LogP contribution in [0, 0.1) is 0 Å². The molecule has 158 valence electrons. The zero-order valence-corrected chi connectivity index (χ0v) is 18.6. The number of carbonyl (C=O) groups excluding carboxylic acids is 3. The first-order chi connectivity index (χ1) is 13.4. The van der Waals surface area contributed by atoms with Crippen LogP contribution >= 0.6 is 34.8 Å². The van der Waals surface area contributed by atoms with Crippen molar-refractivity contribution < 1.29 is 23.7 Å². The number of alkyl halides is 3. The topological polar surface area (TPSA) is 98.8 Å². The van der Waals surface area contributed by atoms with Crippen molar-refractivity contribution in [2.75, 3.05) is 6.61 Å². The third-order valence-corrected chi connectivity index (χ3v) is 7.41. The fraction of sp³-hybridized carbons (Fsp3) is 0.500. The average Bonchev–Trinajstić information content (AvgIpc) is 2.82. The number of hydrogen-bond donors (Lipinski definition) is 1. The van der Waals surface area contributed by atoms with Crippen LogP contribution in [0.3, 0.4) is 0 Å². The van der Waals surface area contributed by atoms with Gasteiger partial charge in [0.05, 0.1) is 6.42 Å². The van der Waals surface area contributed by atoms with Crippen molar-refractivity contribution >= 4 is 63.8 Å². The van der Waals surface area contributed by atoms with E-state index in [1.165, 1.54) is 4.90 Å². The number of halogens is 3. The number of amides is 2. The molecule has 0 spiro atoms. The smallest absolute Gasteiger partial charge is 0.334 e. The molecule has 2 fully saturated rings. The van der Waals surface area contributed by atoms with Crippen molar-refractivity contribution in [3.05, 3.63) is 35.9 Å². The molecule has 4 atom stereocenters. The lowest BCUT2D eigenvalue weighted by Crippen LogP contribution is -2.72. The molecule has 2 aliphatic rings. The summed E-state index contributed by atoms with van der Waals surface area (Å²) in [7, 11) is 0. The number of rotatable bonds is 5. The fourth-order valence-electron chi connectivity index (χ4n) is 3.51. The second-order valence-corrected chi connectivity index (χ2v) is 12.0. The molecule has 11 heteroatoms. The van der Waals surface area contributed by atoms with E-state index in [-0.39, 0.29) is 12.3 Å². The van der Waals surface area contributed by atoms with Gasteiger partial charge >= 0.3 is 5.97 Å². The van der Waals surface area contributed by atoms with Crippen LogP contribution in [0.4, 0.5) is 0 Å². The Kier molecular flexibility index (Phi) is 6.32. The summed E-state index contributed by atoms with van der Waals surface area (Å²) in [5.74, 6) is -1.67. The highest BCUT2D eigenvalue weighted by Gasteiger charge is 2.73. The van der Waals surface area contributed by atoms with Gasteiger partial charge in [0.25, 0.3) is 5.91 Å². The monoisotopic (exact) mass is 480 g/mol. The molecule has 0 saturated carbocycles. The van der Waals surface area contributed by atoms with Crippen LogP contribution in [-0.2, 0) is 36.7 Å². The Hall–Kier alpha value is -1.19. The maximum Gasteiger partial charge on any atom is 0.334 e. The van der Waals surface area contributed by atoms with E-state index in [1.807, 2.05) is 6.07 Å². The molecular formula is C18H19Cl3N2O5S. The number of hydrogen-bond acceptors (Lipinski definition) is 5. The number of esters is 1. The van der Waals surface area contributed by atoms with Gasteiger partial charge < -0.3 is 14.6 Å². The van der Waals surface area contributed by atoms with E-state index in [4.69, 9.17) is 39.5 Å². The van der Waals surface area contributed by atoms with E-state index in [2.05, 4.69) is 5.32 Å². The summed E-state index contributed by atoms with van der Waals surface area (Å²) in [6, 6.07) is 6.97. The molecule has 3 rings (SSSR count). The largest absolute Gasteiger partial charge is 0.614 e. The highest BCUT2D eigenvalue weighted by atomic mass is 35.6. The molecule has 1 aromatic rings. The van der Waals surface area contributed by atoms with E-state index >= 15 is 0 Å². The summed E-state index contributed by atoms with van der Waals surface area (Å²) < 4.78 is 15.1. The van der Waals surface area contributed by atoms with Gasteiger partial charge in [0, 0.05) is 0 Å². The Morgan fingerprint density at radius 3 is 2.48 bits per heavy atom. The zero-order valence-electron chi connectivity index (χ0n) is 15.6. The molecule has 1 N–H and O–H groups in total. The molecule has 2 aliphatic heterocycles. The second-order valence-electron chi connectivity index (χ2n) is 7.37. The average molecular weight is 482 g/mol. The predicted molar refractivity (Wildman–Crippen MR) is 110 cm³/mol. The summed E-state index contributed by atoms with van der Waals surface area (Å²) in [6.45, 7) is 2.69. The molecule has 0 aromatic heterocycles. The SMILES string of the molecule is CC1(C)C(C(=O)OCC(Cl)(Cl)Cl)N2C(=O)C(NC(=O)Cc3ccccc3)[C@H]2[S+]1[O-]. The first-order valence-electron chi connectivity index (χ1n) is 8.73. The number of nitrogens with zero attached hydrogens (tertiary/aromatic N) is 1. The van der Waals surface area contributed by atoms with E-state index < -0.39 is 55.7 Å². The standard InChI is InChI=1S/C18H19Cl3N2O5S/c1-17(2)13(16(26)28-9-18(19,20)21)23-14(25)12(15(23)29(17)27)22-11(24)8-10-6-4-3-5-7-10/h3-7,12-13,15H,8-9H2,1-2H3,(H,22,24)/t12?,13?,15-,29?/m1/s1. The highest BCUT2D eigenvalue weighted by molar-refractivity contribution is 7.94. The summed E-state index contributed by atoms with van der Waals surface area (Å²) in [6.07, 6.45) is 0.0854. The van der Waals surface area contributed by atoms with Gasteiger partial charge in [-0.1, -0.05) is 65.1 Å². The van der Waals surface area contributed by atoms with Crippen LogP contribution in [0.2, 0.25) is 0 Å². The number of carbonyl (C=O) groups is 3. The lowest BCUT2D eigenvalue weighted by molar-refractivity contribution is -0.164. The van der Waals surface area contributed by atoms with Crippen molar-refractivity contribution in [1.82, 2.24) is 10.2 Å². The van der Waals surface area contributed by atoms with Crippen molar-refractivity contribution in [3.8, 4) is 0 Å². The lowest BCUT2D eigenvalue weighted by atomic mass is 9.96. The Morgan fingerprint density at radius 2 is 1.90 bits per heavy atom. The summed E-state index contributed by atoms with van der Waals surface area (Å²) in [5.41, 5.74) is 0.787. The Bertz CT molecular complexity index is 817. The maximum atomic E-state index is 13.0. The van der Waals surface area contributed by atoms with E-state index in [1.54, 1.807) is 38.1 Å². The van der Waals surface area contributed by atoms with Crippen molar-refractivity contribution in [2.24, 2.45) is 0 Å². The van der Waals surface area contributed by atoms with E-state index in [0.29, 0.717) is 0 Å². The zero-order chi connectivity index (χ0) is 21.6. The number of fused-ring (bicyclic) bond motifs is 1. The fourth-order valence-corrected chi connectivity index (χ4v) is 5.59. The predicted octanol–water partition coefficient (Wildman–Crippen LogP) is 1.71. The molecule has 3 unspecified atom stereocenters. The third-order valence-electron chi connectivity index (χ3n) is 4.88. The number of nitrogens with one attached hydrogen (secondary N) is 1. The molecule has 29 heavy (non-hydrogen) atoms. The first kappa shape index (κ1) is 22.5. The van der Waals surface area contributed by atoms with Crippen LogP contribution in [0.15, 0.2) is 30.3 Å². The number of benzene rings is 1. The Morgan fingerprint density at radius 1 is 1.28 bits per heavy atom. The molecule has 0 aliphatic carbocycles. The number of β-lactam (4-membered cyclic amide) rings is 1. The van der Waals surface area contributed by atoms with Crippen molar-refractivity contribution in [2.45, 2.75) is 46.3 Å². The van der Waals surface area contributed by atoms with Gasteiger partial charge in [-0.3, -0.25) is 14.5 Å². The summed E-state index contributed by atoms with van der Waals surface area (Å²) >= 11 is 15.2. The van der Waals surface area contributed by atoms with Gasteiger partial charge in [0.2, 0.25) is 15.1 Å². The quantitative estimate of drug-likeness (QED) is 0.299. The van der Waals surface area contributed by atoms with Crippen molar-refractivity contribution in [1.29, 1.82) is 0 Å². The van der Waals surface area contributed by atoms with E-state index in [0.717, 1.165) is 5.56 Å². The van der Waals surface area contributed by atoms with E-state index in [9.17, 15) is 18.9 Å². The normalized spacial score (nSPS) is 27.8. The van der Waals surface area contributed by atoms with Gasteiger partial charge in [-0.25, -0.2) is 4.79 Å². The van der Waals surface area contributed by atoms with Crippen LogP contribution in [0.5, 0.6) is 0 Å². The molecule has 2 heterocycles. The lowest BCUT2D eigenvalue weighted by Gasteiger charge is -2.41. The number of ether oxygens (including phenoxy) is 1. The molecule has 2 amide bonds. The van der Waals surface area contributed by atoms with Crippen LogP contribution in [0.25, 0.3) is 0 Å². The molecule has 0 radical (unpaired) electrons. The minimum absolute atomic E-state index is 0.0854. The van der Waals surface area contributed by atoms with Gasteiger partial charge in [-0.2, -0.15) is 0 Å². The summed E-state index contributed by atoms with van der Waals surface area (Å²) in [5, 5.41) is 1.81. The second kappa shape index (κ2) is 8.15.